The van der Waals surface area contributed by atoms with Crippen molar-refractivity contribution in [3.05, 3.63) is 59.7 Å². The maximum atomic E-state index is 9.22. The Morgan fingerprint density at radius 3 is 2.73 bits per heavy atom. The molecule has 1 heterocycles. The first-order valence-electron chi connectivity index (χ1n) is 9.47. The summed E-state index contributed by atoms with van der Waals surface area (Å²) in [6.45, 7) is 3.16. The highest BCUT2D eigenvalue weighted by molar-refractivity contribution is 5.80. The number of rotatable bonds is 6. The third kappa shape index (κ3) is 3.17. The molecule has 1 atom stereocenters. The van der Waals surface area contributed by atoms with E-state index in [0.717, 1.165) is 29.9 Å². The van der Waals surface area contributed by atoms with E-state index in [4.69, 9.17) is 4.98 Å². The van der Waals surface area contributed by atoms with Crippen LogP contribution in [0.3, 0.4) is 0 Å². The van der Waals surface area contributed by atoms with Crippen LogP contribution in [0.2, 0.25) is 0 Å². The van der Waals surface area contributed by atoms with Gasteiger partial charge in [-0.2, -0.15) is 5.26 Å². The summed E-state index contributed by atoms with van der Waals surface area (Å²) in [5.74, 6) is 1.45. The van der Waals surface area contributed by atoms with Gasteiger partial charge in [-0.25, -0.2) is 4.98 Å². The molecular weight excluding hydrogens is 320 g/mol. The van der Waals surface area contributed by atoms with E-state index in [1.807, 2.05) is 18.2 Å². The lowest BCUT2D eigenvalue weighted by Crippen LogP contribution is -2.20. The van der Waals surface area contributed by atoms with Crippen molar-refractivity contribution in [2.24, 2.45) is 0 Å². The number of imidazole rings is 1. The van der Waals surface area contributed by atoms with Gasteiger partial charge in [-0.1, -0.05) is 37.3 Å². The molecule has 0 amide bonds. The van der Waals surface area contributed by atoms with Crippen LogP contribution in [0.25, 0.3) is 11.0 Å². The van der Waals surface area contributed by atoms with E-state index in [1.54, 1.807) is 0 Å². The Balaban J connectivity index is 1.53. The van der Waals surface area contributed by atoms with E-state index in [0.29, 0.717) is 17.5 Å². The minimum absolute atomic E-state index is 0.503. The fourth-order valence-electron chi connectivity index (χ4n) is 3.65. The number of nitrogens with zero attached hydrogens (tertiary/aromatic N) is 3. The Morgan fingerprint density at radius 2 is 2.04 bits per heavy atom. The maximum Gasteiger partial charge on any atom is 0.204 e. The van der Waals surface area contributed by atoms with Gasteiger partial charge in [0.1, 0.15) is 0 Å². The van der Waals surface area contributed by atoms with Crippen LogP contribution in [0, 0.1) is 11.3 Å². The van der Waals surface area contributed by atoms with Gasteiger partial charge < -0.3 is 9.88 Å². The van der Waals surface area contributed by atoms with Crippen molar-refractivity contribution in [2.75, 3.05) is 11.9 Å². The van der Waals surface area contributed by atoms with Gasteiger partial charge in [0, 0.05) is 12.6 Å². The maximum absolute atomic E-state index is 9.22. The molecule has 0 saturated heterocycles. The Bertz CT molecular complexity index is 932. The fraction of sp³-hybridized carbons (Fsp3) is 0.364. The molecule has 1 aliphatic carbocycles. The normalized spacial score (nSPS) is 15.4. The second kappa shape index (κ2) is 7.21. The lowest BCUT2D eigenvalue weighted by atomic mass is 9.92. The molecule has 132 valence electrons. The van der Waals surface area contributed by atoms with Crippen LogP contribution in [0.15, 0.2) is 48.5 Å². The summed E-state index contributed by atoms with van der Waals surface area (Å²) in [6, 6.07) is 19.2. The molecule has 0 spiro atoms. The van der Waals surface area contributed by atoms with Crippen LogP contribution in [0.1, 0.15) is 55.7 Å². The molecule has 1 N–H and O–H groups in total. The van der Waals surface area contributed by atoms with E-state index in [1.165, 1.54) is 24.8 Å². The van der Waals surface area contributed by atoms with E-state index in [-0.39, 0.29) is 0 Å². The van der Waals surface area contributed by atoms with Gasteiger partial charge in [-0.05, 0) is 55.4 Å². The first-order chi connectivity index (χ1) is 12.8. The highest BCUT2D eigenvalue weighted by atomic mass is 15.2. The van der Waals surface area contributed by atoms with Gasteiger partial charge in [-0.3, -0.25) is 0 Å². The predicted octanol–water partition coefficient (Wildman–Crippen LogP) is 5.24. The average Bonchev–Trinajstić information content (AvgIpc) is 2.98. The average molecular weight is 344 g/mol. The molecule has 0 unspecified atom stereocenters. The largest absolute Gasteiger partial charge is 0.356 e. The molecule has 1 saturated carbocycles. The molecule has 4 heteroatoms. The number of benzene rings is 2. The summed E-state index contributed by atoms with van der Waals surface area (Å²) in [6.07, 6.45) is 4.71. The Morgan fingerprint density at radius 1 is 1.23 bits per heavy atom. The van der Waals surface area contributed by atoms with E-state index in [9.17, 15) is 5.26 Å². The summed E-state index contributed by atoms with van der Waals surface area (Å²) in [5, 5.41) is 12.8. The quantitative estimate of drug-likeness (QED) is 0.665. The van der Waals surface area contributed by atoms with Gasteiger partial charge in [-0.15, -0.1) is 0 Å². The van der Waals surface area contributed by atoms with Crippen molar-refractivity contribution in [3.63, 3.8) is 0 Å². The zero-order chi connectivity index (χ0) is 17.9. The molecule has 1 aromatic heterocycles. The van der Waals surface area contributed by atoms with Crippen molar-refractivity contribution in [1.82, 2.24) is 9.55 Å². The minimum atomic E-state index is 0.503. The number of nitrogens with one attached hydrogen (secondary N) is 1. The summed E-state index contributed by atoms with van der Waals surface area (Å²) in [5.41, 5.74) is 4.12. The van der Waals surface area contributed by atoms with Gasteiger partial charge >= 0.3 is 0 Å². The van der Waals surface area contributed by atoms with Crippen LogP contribution in [-0.2, 0) is 0 Å². The van der Waals surface area contributed by atoms with Gasteiger partial charge in [0.15, 0.2) is 0 Å². The molecule has 1 fully saturated rings. The van der Waals surface area contributed by atoms with Crippen molar-refractivity contribution in [3.8, 4) is 6.07 Å². The monoisotopic (exact) mass is 344 g/mol. The first kappa shape index (κ1) is 16.7. The van der Waals surface area contributed by atoms with Gasteiger partial charge in [0.05, 0.1) is 22.7 Å². The molecule has 0 radical (unpaired) electrons. The summed E-state index contributed by atoms with van der Waals surface area (Å²) in [4.78, 5) is 4.80. The van der Waals surface area contributed by atoms with Crippen molar-refractivity contribution < 1.29 is 0 Å². The number of hydrogen-bond donors (Lipinski definition) is 1. The van der Waals surface area contributed by atoms with Crippen molar-refractivity contribution >= 4 is 17.0 Å². The smallest absolute Gasteiger partial charge is 0.204 e. The van der Waals surface area contributed by atoms with Crippen molar-refractivity contribution in [1.29, 1.82) is 5.26 Å². The minimum Gasteiger partial charge on any atom is -0.356 e. The summed E-state index contributed by atoms with van der Waals surface area (Å²) < 4.78 is 2.31. The second-order valence-electron chi connectivity index (χ2n) is 7.23. The van der Waals surface area contributed by atoms with E-state index >= 15 is 0 Å². The predicted molar refractivity (Wildman–Crippen MR) is 105 cm³/mol. The first-order valence-corrected chi connectivity index (χ1v) is 9.47. The standard InChI is InChI=1S/C22H24N4/c1-16(18-6-3-2-4-7-18)12-13-24-22-25-20-11-10-17(15-23)14-21(20)26(22)19-8-5-9-19/h2-4,6-7,10-11,14,16,19H,5,8-9,12-13H2,1H3,(H,24,25)/t16-/m1/s1. The lowest BCUT2D eigenvalue weighted by Gasteiger charge is -2.29. The SMILES string of the molecule is C[C@H](CCNc1nc2ccc(C#N)cc2n1C1CCC1)c1ccccc1. The highest BCUT2D eigenvalue weighted by Crippen LogP contribution is 2.37. The third-order valence-corrected chi connectivity index (χ3v) is 5.49. The number of anilines is 1. The molecule has 0 aliphatic heterocycles. The van der Waals surface area contributed by atoms with Crippen LogP contribution < -0.4 is 5.32 Å². The third-order valence-electron chi connectivity index (χ3n) is 5.49. The fourth-order valence-corrected chi connectivity index (χ4v) is 3.65. The molecule has 4 rings (SSSR count). The Kier molecular flexibility index (Phi) is 4.62. The summed E-state index contributed by atoms with van der Waals surface area (Å²) >= 11 is 0. The molecular formula is C22H24N4. The number of nitriles is 1. The van der Waals surface area contributed by atoms with Gasteiger partial charge in [0.2, 0.25) is 5.95 Å². The molecule has 4 nitrogen and oxygen atoms in total. The number of hydrogen-bond acceptors (Lipinski definition) is 3. The van der Waals surface area contributed by atoms with Crippen molar-refractivity contribution in [2.45, 2.75) is 44.6 Å². The summed E-state index contributed by atoms with van der Waals surface area (Å²) in [7, 11) is 0. The van der Waals surface area contributed by atoms with Crippen LogP contribution in [-0.4, -0.2) is 16.1 Å². The van der Waals surface area contributed by atoms with Crippen LogP contribution in [0.4, 0.5) is 5.95 Å². The molecule has 3 aromatic rings. The Labute approximate surface area is 154 Å². The molecule has 1 aliphatic rings. The molecule has 2 aromatic carbocycles. The molecule has 0 bridgehead atoms. The second-order valence-corrected chi connectivity index (χ2v) is 7.23. The van der Waals surface area contributed by atoms with Gasteiger partial charge in [0.25, 0.3) is 0 Å². The highest BCUT2D eigenvalue weighted by Gasteiger charge is 2.24. The lowest BCUT2D eigenvalue weighted by molar-refractivity contribution is 0.323. The van der Waals surface area contributed by atoms with Crippen LogP contribution in [0.5, 0.6) is 0 Å². The number of aromatic nitrogens is 2. The topological polar surface area (TPSA) is 53.6 Å². The zero-order valence-corrected chi connectivity index (χ0v) is 15.2. The zero-order valence-electron chi connectivity index (χ0n) is 15.2. The Hall–Kier alpha value is -2.80. The van der Waals surface area contributed by atoms with Crippen LogP contribution >= 0.6 is 0 Å². The number of fused-ring (bicyclic) bond motifs is 1. The van der Waals surface area contributed by atoms with E-state index in [2.05, 4.69) is 53.2 Å². The molecule has 26 heavy (non-hydrogen) atoms. The van der Waals surface area contributed by atoms with E-state index < -0.39 is 0 Å².